The quantitative estimate of drug-likeness (QED) is 0.331. The summed E-state index contributed by atoms with van der Waals surface area (Å²) in [5.74, 6) is -0.530. The van der Waals surface area contributed by atoms with Crippen LogP contribution in [0.25, 0.3) is 22.7 Å². The normalized spacial score (nSPS) is 11.3. The molecule has 0 radical (unpaired) electrons. The van der Waals surface area contributed by atoms with E-state index in [4.69, 9.17) is 9.84 Å². The van der Waals surface area contributed by atoms with E-state index in [2.05, 4.69) is 32.0 Å². The number of H-pyrrole nitrogens is 1. The zero-order valence-corrected chi connectivity index (χ0v) is 18.1. The van der Waals surface area contributed by atoms with E-state index in [1.54, 1.807) is 30.3 Å². The van der Waals surface area contributed by atoms with Gasteiger partial charge in [-0.3, -0.25) is 0 Å². The smallest absolute Gasteiger partial charge is 0.335 e. The van der Waals surface area contributed by atoms with Crippen molar-refractivity contribution in [2.24, 2.45) is 0 Å². The predicted octanol–water partition coefficient (Wildman–Crippen LogP) is 5.81. The van der Waals surface area contributed by atoms with Crippen molar-refractivity contribution in [1.82, 2.24) is 9.97 Å². The third kappa shape index (κ3) is 4.68. The maximum Gasteiger partial charge on any atom is 0.335 e. The fourth-order valence-electron chi connectivity index (χ4n) is 3.09. The molecule has 1 heterocycles. The number of fused-ring (bicyclic) bond motifs is 1. The van der Waals surface area contributed by atoms with Crippen LogP contribution in [0.5, 0.6) is 5.75 Å². The Balaban J connectivity index is 1.63. The molecule has 0 atom stereocenters. The standard InChI is InChI=1S/C24H15BrFN3O3/c25-18-5-8-22(32-13-14-1-3-15(4-2-14)24(30)31)16(10-18)9-17(12-27)23-28-20-7-6-19(26)11-21(20)29-23/h1-11H,13H2,(H,28,29)(H,30,31)/b17-9-. The lowest BCUT2D eigenvalue weighted by Gasteiger charge is -2.10. The number of carboxylic acid groups (broad SMARTS) is 1. The van der Waals surface area contributed by atoms with Gasteiger partial charge in [-0.25, -0.2) is 14.2 Å². The van der Waals surface area contributed by atoms with Crippen LogP contribution in [-0.2, 0) is 6.61 Å². The lowest BCUT2D eigenvalue weighted by molar-refractivity contribution is 0.0697. The van der Waals surface area contributed by atoms with Crippen LogP contribution in [0, 0.1) is 17.1 Å². The van der Waals surface area contributed by atoms with Gasteiger partial charge in [0, 0.05) is 10.0 Å². The Morgan fingerprint density at radius 2 is 1.97 bits per heavy atom. The van der Waals surface area contributed by atoms with Gasteiger partial charge in [-0.1, -0.05) is 28.1 Å². The number of hydrogen-bond acceptors (Lipinski definition) is 4. The Bertz CT molecular complexity index is 1390. The monoisotopic (exact) mass is 491 g/mol. The molecule has 32 heavy (non-hydrogen) atoms. The van der Waals surface area contributed by atoms with E-state index in [0.717, 1.165) is 10.0 Å². The van der Waals surface area contributed by atoms with Crippen molar-refractivity contribution >= 4 is 44.6 Å². The topological polar surface area (TPSA) is 99.0 Å². The van der Waals surface area contributed by atoms with Gasteiger partial charge in [0.2, 0.25) is 0 Å². The van der Waals surface area contributed by atoms with Crippen LogP contribution in [0.1, 0.15) is 27.3 Å². The number of halogens is 2. The molecule has 0 amide bonds. The lowest BCUT2D eigenvalue weighted by atomic mass is 10.1. The number of aromatic amines is 1. The van der Waals surface area contributed by atoms with Gasteiger partial charge >= 0.3 is 5.97 Å². The Morgan fingerprint density at radius 3 is 2.69 bits per heavy atom. The molecule has 0 unspecified atom stereocenters. The summed E-state index contributed by atoms with van der Waals surface area (Å²) >= 11 is 3.43. The minimum Gasteiger partial charge on any atom is -0.488 e. The average Bonchev–Trinajstić information content (AvgIpc) is 3.20. The Morgan fingerprint density at radius 1 is 1.19 bits per heavy atom. The molecule has 0 bridgehead atoms. The first-order valence-electron chi connectivity index (χ1n) is 9.45. The molecule has 1 aromatic heterocycles. The first-order chi connectivity index (χ1) is 15.4. The number of nitrogens with zero attached hydrogens (tertiary/aromatic N) is 2. The highest BCUT2D eigenvalue weighted by molar-refractivity contribution is 9.10. The number of nitrogens with one attached hydrogen (secondary N) is 1. The molecular formula is C24H15BrFN3O3. The minimum atomic E-state index is -0.991. The maximum absolute atomic E-state index is 13.5. The van der Waals surface area contributed by atoms with Crippen molar-refractivity contribution in [3.05, 3.63) is 93.5 Å². The van der Waals surface area contributed by atoms with Crippen molar-refractivity contribution in [3.63, 3.8) is 0 Å². The summed E-state index contributed by atoms with van der Waals surface area (Å²) in [5.41, 5.74) is 2.95. The molecule has 0 saturated heterocycles. The number of nitriles is 1. The molecule has 0 aliphatic carbocycles. The third-order valence-corrected chi connectivity index (χ3v) is 5.18. The van der Waals surface area contributed by atoms with Crippen LogP contribution in [0.3, 0.4) is 0 Å². The van der Waals surface area contributed by atoms with Crippen molar-refractivity contribution in [3.8, 4) is 11.8 Å². The molecule has 4 rings (SSSR count). The summed E-state index contributed by atoms with van der Waals surface area (Å²) in [7, 11) is 0. The van der Waals surface area contributed by atoms with Crippen LogP contribution in [0.2, 0.25) is 0 Å². The molecule has 0 aliphatic heterocycles. The van der Waals surface area contributed by atoms with E-state index in [1.807, 2.05) is 12.1 Å². The Hall–Kier alpha value is -3.96. The van der Waals surface area contributed by atoms with E-state index >= 15 is 0 Å². The highest BCUT2D eigenvalue weighted by Crippen LogP contribution is 2.28. The average molecular weight is 492 g/mol. The van der Waals surface area contributed by atoms with Gasteiger partial charge in [0.05, 0.1) is 22.2 Å². The number of ether oxygens (including phenoxy) is 1. The van der Waals surface area contributed by atoms with Crippen molar-refractivity contribution in [2.75, 3.05) is 0 Å². The Labute approximate surface area is 190 Å². The van der Waals surface area contributed by atoms with Gasteiger partial charge in [-0.15, -0.1) is 0 Å². The number of allylic oxidation sites excluding steroid dienone is 1. The van der Waals surface area contributed by atoms with E-state index in [9.17, 15) is 14.4 Å². The second kappa shape index (κ2) is 9.04. The van der Waals surface area contributed by atoms with Crippen LogP contribution >= 0.6 is 15.9 Å². The zero-order chi connectivity index (χ0) is 22.7. The molecule has 0 fully saturated rings. The largest absolute Gasteiger partial charge is 0.488 e. The molecule has 0 aliphatic rings. The number of hydrogen-bond donors (Lipinski definition) is 2. The van der Waals surface area contributed by atoms with Gasteiger partial charge in [-0.05, 0) is 60.2 Å². The molecule has 2 N–H and O–H groups in total. The summed E-state index contributed by atoms with van der Waals surface area (Å²) in [6.45, 7) is 0.216. The summed E-state index contributed by atoms with van der Waals surface area (Å²) in [5, 5.41) is 18.7. The van der Waals surface area contributed by atoms with Gasteiger partial charge in [0.15, 0.2) is 0 Å². The van der Waals surface area contributed by atoms with Gasteiger partial charge in [0.1, 0.15) is 30.1 Å². The lowest BCUT2D eigenvalue weighted by Crippen LogP contribution is -2.00. The molecule has 8 heteroatoms. The zero-order valence-electron chi connectivity index (χ0n) is 16.5. The minimum absolute atomic E-state index is 0.199. The highest BCUT2D eigenvalue weighted by atomic mass is 79.9. The second-order valence-electron chi connectivity index (χ2n) is 6.89. The van der Waals surface area contributed by atoms with Crippen molar-refractivity contribution in [1.29, 1.82) is 5.26 Å². The molecular weight excluding hydrogens is 477 g/mol. The highest BCUT2D eigenvalue weighted by Gasteiger charge is 2.11. The SMILES string of the molecule is N#C/C(=C/c1cc(Br)ccc1OCc1ccc(C(=O)O)cc1)c1nc2ccc(F)cc2[nH]1. The number of imidazole rings is 1. The number of aromatic nitrogens is 2. The van der Waals surface area contributed by atoms with E-state index in [-0.39, 0.29) is 17.7 Å². The number of benzene rings is 3. The maximum atomic E-state index is 13.5. The van der Waals surface area contributed by atoms with Gasteiger partial charge in [-0.2, -0.15) is 5.26 Å². The summed E-state index contributed by atoms with van der Waals surface area (Å²) in [4.78, 5) is 18.3. The molecule has 0 saturated carbocycles. The first kappa shape index (κ1) is 21.3. The molecule has 0 spiro atoms. The summed E-state index contributed by atoms with van der Waals surface area (Å²) in [6, 6.07) is 18.1. The number of rotatable bonds is 6. The van der Waals surface area contributed by atoms with Gasteiger partial charge in [0.25, 0.3) is 0 Å². The first-order valence-corrected chi connectivity index (χ1v) is 10.2. The molecule has 6 nitrogen and oxygen atoms in total. The van der Waals surface area contributed by atoms with Gasteiger partial charge < -0.3 is 14.8 Å². The fourth-order valence-corrected chi connectivity index (χ4v) is 3.47. The third-order valence-electron chi connectivity index (χ3n) is 4.69. The van der Waals surface area contributed by atoms with Crippen molar-refractivity contribution < 1.29 is 19.0 Å². The van der Waals surface area contributed by atoms with Crippen molar-refractivity contribution in [2.45, 2.75) is 6.61 Å². The van der Waals surface area contributed by atoms with Crippen LogP contribution in [0.15, 0.2) is 65.1 Å². The number of aromatic carboxylic acids is 1. The van der Waals surface area contributed by atoms with Crippen LogP contribution in [-0.4, -0.2) is 21.0 Å². The molecule has 3 aromatic carbocycles. The second-order valence-corrected chi connectivity index (χ2v) is 7.81. The number of carbonyl (C=O) groups is 1. The number of carboxylic acids is 1. The van der Waals surface area contributed by atoms with E-state index in [1.165, 1.54) is 24.3 Å². The van der Waals surface area contributed by atoms with Crippen LogP contribution in [0.4, 0.5) is 4.39 Å². The van der Waals surface area contributed by atoms with Crippen LogP contribution < -0.4 is 4.74 Å². The fraction of sp³-hybridized carbons (Fsp3) is 0.0417. The summed E-state index contributed by atoms with van der Waals surface area (Å²) < 4.78 is 20.2. The molecule has 158 valence electrons. The Kier molecular flexibility index (Phi) is 6.01. The summed E-state index contributed by atoms with van der Waals surface area (Å²) in [6.07, 6.45) is 1.64. The predicted molar refractivity (Wildman–Crippen MR) is 121 cm³/mol. The molecule has 4 aromatic rings. The van der Waals surface area contributed by atoms with E-state index in [0.29, 0.717) is 28.2 Å². The van der Waals surface area contributed by atoms with E-state index < -0.39 is 11.8 Å².